The lowest BCUT2D eigenvalue weighted by molar-refractivity contribution is -0.137. The van der Waals surface area contributed by atoms with Gasteiger partial charge >= 0.3 is 6.18 Å². The summed E-state index contributed by atoms with van der Waals surface area (Å²) in [6.07, 6.45) is -1.18. The van der Waals surface area contributed by atoms with Crippen LogP contribution in [0.25, 0.3) is 11.3 Å². The van der Waals surface area contributed by atoms with E-state index in [2.05, 4.69) is 16.0 Å². The summed E-state index contributed by atoms with van der Waals surface area (Å²) in [4.78, 5) is 25.0. The van der Waals surface area contributed by atoms with E-state index in [1.807, 2.05) is 30.0 Å². The Morgan fingerprint density at radius 2 is 1.87 bits per heavy atom. The van der Waals surface area contributed by atoms with E-state index >= 15 is 0 Å². The minimum atomic E-state index is -4.41. The van der Waals surface area contributed by atoms with E-state index in [1.54, 1.807) is 18.3 Å². The van der Waals surface area contributed by atoms with Crippen molar-refractivity contribution in [2.45, 2.75) is 44.3 Å². The van der Waals surface area contributed by atoms with Crippen molar-refractivity contribution in [2.75, 3.05) is 37.7 Å². The molecule has 0 unspecified atom stereocenters. The Bertz CT molecular complexity index is 1340. The molecule has 0 bridgehead atoms. The third kappa shape index (κ3) is 5.56. The maximum absolute atomic E-state index is 13.7. The topological polar surface area (TPSA) is 84.6 Å². The molecule has 1 amide bonds. The number of amides is 1. The number of anilines is 1. The van der Waals surface area contributed by atoms with Crippen LogP contribution in [0, 0.1) is 0 Å². The largest absolute Gasteiger partial charge is 0.477 e. The van der Waals surface area contributed by atoms with Gasteiger partial charge in [0.2, 0.25) is 11.8 Å². The molecular weight excluding hydrogens is 507 g/mol. The van der Waals surface area contributed by atoms with Gasteiger partial charge in [-0.15, -0.1) is 0 Å². The van der Waals surface area contributed by atoms with Crippen LogP contribution in [0.5, 0.6) is 5.88 Å². The fourth-order valence-corrected chi connectivity index (χ4v) is 5.89. The molecule has 10 heteroatoms. The first kappa shape index (κ1) is 26.9. The molecule has 2 aliphatic rings. The van der Waals surface area contributed by atoms with Gasteiger partial charge in [0.15, 0.2) is 0 Å². The van der Waals surface area contributed by atoms with Crippen molar-refractivity contribution in [3.63, 3.8) is 0 Å². The summed E-state index contributed by atoms with van der Waals surface area (Å²) in [5.41, 5.74) is 8.32. The van der Waals surface area contributed by atoms with Crippen molar-refractivity contribution < 1.29 is 22.7 Å². The Labute approximate surface area is 225 Å². The van der Waals surface area contributed by atoms with Crippen molar-refractivity contribution in [1.29, 1.82) is 0 Å². The number of fused-ring (bicyclic) bond motifs is 2. The predicted molar refractivity (Wildman–Crippen MR) is 142 cm³/mol. The van der Waals surface area contributed by atoms with Crippen LogP contribution in [0.15, 0.2) is 54.7 Å². The Morgan fingerprint density at radius 3 is 2.59 bits per heavy atom. The molecule has 206 valence electrons. The quantitative estimate of drug-likeness (QED) is 0.465. The zero-order chi connectivity index (χ0) is 27.6. The highest BCUT2D eigenvalue weighted by atomic mass is 19.4. The summed E-state index contributed by atoms with van der Waals surface area (Å²) in [6.45, 7) is 5.10. The number of pyridine rings is 2. The fraction of sp³-hybridized carbons (Fsp3) is 0.414. The van der Waals surface area contributed by atoms with Crippen LogP contribution in [-0.2, 0) is 22.9 Å². The number of nitrogens with two attached hydrogens (primary N) is 1. The average Bonchev–Trinajstić information content (AvgIpc) is 2.92. The number of benzene rings is 1. The van der Waals surface area contributed by atoms with Crippen molar-refractivity contribution >= 4 is 11.6 Å². The van der Waals surface area contributed by atoms with Crippen LogP contribution < -0.4 is 15.4 Å². The number of carbonyl (C=O) groups is 1. The molecule has 0 aliphatic carbocycles. The lowest BCUT2D eigenvalue weighted by atomic mass is 9.69. The number of carbonyl (C=O) groups excluding carboxylic acids is 1. The summed E-state index contributed by atoms with van der Waals surface area (Å²) in [7, 11) is 0. The first-order valence-corrected chi connectivity index (χ1v) is 13.2. The number of primary amides is 1. The van der Waals surface area contributed by atoms with E-state index in [0.29, 0.717) is 58.1 Å². The summed E-state index contributed by atoms with van der Waals surface area (Å²) in [5.74, 6) is 0.145. The number of piperidine rings is 1. The normalized spacial score (nSPS) is 17.2. The van der Waals surface area contributed by atoms with Gasteiger partial charge in [-0.05, 0) is 55.7 Å². The van der Waals surface area contributed by atoms with E-state index in [-0.39, 0.29) is 23.4 Å². The van der Waals surface area contributed by atoms with Crippen LogP contribution in [0.2, 0.25) is 0 Å². The van der Waals surface area contributed by atoms with Crippen molar-refractivity contribution in [3.05, 3.63) is 71.5 Å². The van der Waals surface area contributed by atoms with Crippen LogP contribution in [-0.4, -0.2) is 53.6 Å². The molecule has 3 aromatic rings. The molecule has 2 N–H and O–H groups in total. The Balaban J connectivity index is 1.47. The molecule has 2 aromatic heterocycles. The monoisotopic (exact) mass is 539 g/mol. The van der Waals surface area contributed by atoms with Gasteiger partial charge in [-0.3, -0.25) is 14.7 Å². The van der Waals surface area contributed by atoms with Gasteiger partial charge in [0.1, 0.15) is 0 Å². The molecule has 5 rings (SSSR count). The van der Waals surface area contributed by atoms with E-state index in [0.717, 1.165) is 28.6 Å². The van der Waals surface area contributed by atoms with Crippen molar-refractivity contribution in [1.82, 2.24) is 14.9 Å². The van der Waals surface area contributed by atoms with Gasteiger partial charge < -0.3 is 15.4 Å². The highest BCUT2D eigenvalue weighted by molar-refractivity contribution is 5.74. The van der Waals surface area contributed by atoms with Crippen molar-refractivity contribution in [2.24, 2.45) is 5.73 Å². The molecule has 0 saturated carbocycles. The number of aromatic nitrogens is 2. The van der Waals surface area contributed by atoms with Gasteiger partial charge in [0.05, 0.1) is 29.1 Å². The van der Waals surface area contributed by atoms with E-state index < -0.39 is 11.7 Å². The van der Waals surface area contributed by atoms with E-state index in [9.17, 15) is 18.0 Å². The second kappa shape index (κ2) is 10.8. The number of alkyl halides is 3. The molecule has 1 spiro atoms. The molecule has 0 radical (unpaired) electrons. The van der Waals surface area contributed by atoms with Crippen LogP contribution >= 0.6 is 0 Å². The lowest BCUT2D eigenvalue weighted by Crippen LogP contribution is -2.52. The summed E-state index contributed by atoms with van der Waals surface area (Å²) < 4.78 is 46.9. The maximum atomic E-state index is 13.7. The number of hydrogen-bond acceptors (Lipinski definition) is 6. The van der Waals surface area contributed by atoms with Gasteiger partial charge in [-0.25, -0.2) is 4.98 Å². The number of rotatable bonds is 7. The number of para-hydroxylation sites is 1. The maximum Gasteiger partial charge on any atom is 0.418 e. The zero-order valence-corrected chi connectivity index (χ0v) is 21.9. The van der Waals surface area contributed by atoms with E-state index in [4.69, 9.17) is 15.5 Å². The second-order valence-electron chi connectivity index (χ2n) is 10.2. The molecule has 1 fully saturated rings. The minimum Gasteiger partial charge on any atom is -0.477 e. The fourth-order valence-electron chi connectivity index (χ4n) is 5.89. The van der Waals surface area contributed by atoms with Gasteiger partial charge in [0.25, 0.3) is 0 Å². The first-order chi connectivity index (χ1) is 18.7. The smallest absolute Gasteiger partial charge is 0.418 e. The summed E-state index contributed by atoms with van der Waals surface area (Å²) >= 11 is 0. The number of ether oxygens (including phenoxy) is 1. The van der Waals surface area contributed by atoms with Crippen LogP contribution in [0.4, 0.5) is 18.9 Å². The summed E-state index contributed by atoms with van der Waals surface area (Å²) in [6, 6.07) is 13.6. The third-order valence-electron chi connectivity index (χ3n) is 7.72. The number of hydrogen-bond donors (Lipinski definition) is 1. The van der Waals surface area contributed by atoms with Crippen LogP contribution in [0.3, 0.4) is 0 Å². The number of halogens is 3. The molecule has 1 saturated heterocycles. The Hall–Kier alpha value is -3.66. The highest BCUT2D eigenvalue weighted by Gasteiger charge is 2.44. The molecule has 1 aromatic carbocycles. The Morgan fingerprint density at radius 1 is 1.10 bits per heavy atom. The standard InChI is InChI=1S/C29H32F3N5O2/c1-2-39-27-20(6-5-14-34-27)23-10-9-21-24(35-23)18-36(15-11-26(33)38)19-28(21)12-16-37(17-13-28)25-8-4-3-7-22(25)29(30,31)32/h3-10,14H,2,11-13,15-19H2,1H3,(H2,33,38). The average molecular weight is 540 g/mol. The molecule has 39 heavy (non-hydrogen) atoms. The predicted octanol–water partition coefficient (Wildman–Crippen LogP) is 4.79. The molecule has 0 atom stereocenters. The second-order valence-corrected chi connectivity index (χ2v) is 10.2. The summed E-state index contributed by atoms with van der Waals surface area (Å²) in [5, 5.41) is 0. The minimum absolute atomic E-state index is 0.218. The molecular formula is C29H32F3N5O2. The van der Waals surface area contributed by atoms with Gasteiger partial charge in [-0.2, -0.15) is 13.2 Å². The third-order valence-corrected chi connectivity index (χ3v) is 7.72. The zero-order valence-electron chi connectivity index (χ0n) is 21.9. The lowest BCUT2D eigenvalue weighted by Gasteiger charge is -2.49. The first-order valence-electron chi connectivity index (χ1n) is 13.2. The van der Waals surface area contributed by atoms with Crippen LogP contribution in [0.1, 0.15) is 43.0 Å². The van der Waals surface area contributed by atoms with Crippen molar-refractivity contribution in [3.8, 4) is 17.1 Å². The number of nitrogens with zero attached hydrogens (tertiary/aromatic N) is 4. The molecule has 7 nitrogen and oxygen atoms in total. The van der Waals surface area contributed by atoms with Gasteiger partial charge in [-0.1, -0.05) is 18.2 Å². The van der Waals surface area contributed by atoms with E-state index in [1.165, 1.54) is 6.07 Å². The SMILES string of the molecule is CCOc1ncccc1-c1ccc2c(n1)CN(CCC(N)=O)CC21CCN(c2ccccc2C(F)(F)F)CC1. The molecule has 2 aliphatic heterocycles. The molecule has 4 heterocycles. The highest BCUT2D eigenvalue weighted by Crippen LogP contribution is 2.45. The Kier molecular flexibility index (Phi) is 7.48. The van der Waals surface area contributed by atoms with Gasteiger partial charge in [0, 0.05) is 56.4 Å².